The van der Waals surface area contributed by atoms with Crippen molar-refractivity contribution in [2.75, 3.05) is 26.2 Å². The fourth-order valence-corrected chi connectivity index (χ4v) is 2.94. The Balaban J connectivity index is 0.00000288. The number of amides is 1. The monoisotopic (exact) mass is 358 g/mol. The Kier molecular flexibility index (Phi) is 8.13. The molecule has 2 N–H and O–H groups in total. The van der Waals surface area contributed by atoms with E-state index in [2.05, 4.69) is 0 Å². The van der Waals surface area contributed by atoms with Crippen molar-refractivity contribution in [3.05, 3.63) is 35.6 Å². The molecule has 1 fully saturated rings. The first-order chi connectivity index (χ1) is 10.9. The summed E-state index contributed by atoms with van der Waals surface area (Å²) >= 11 is 0. The minimum absolute atomic E-state index is 0. The second-order valence-corrected chi connectivity index (χ2v) is 6.64. The molecule has 1 aromatic carbocycles. The van der Waals surface area contributed by atoms with Crippen LogP contribution in [0.4, 0.5) is 4.39 Å². The van der Waals surface area contributed by atoms with Crippen LogP contribution in [0.2, 0.25) is 0 Å². The van der Waals surface area contributed by atoms with Gasteiger partial charge in [0.2, 0.25) is 5.91 Å². The topological polar surface area (TPSA) is 55.6 Å². The van der Waals surface area contributed by atoms with Crippen molar-refractivity contribution in [2.45, 2.75) is 44.6 Å². The van der Waals surface area contributed by atoms with Crippen LogP contribution >= 0.6 is 12.4 Å². The molecule has 2 rings (SSSR count). The number of nitrogens with zero attached hydrogens (tertiary/aromatic N) is 1. The number of nitrogens with two attached hydrogens (primary N) is 1. The van der Waals surface area contributed by atoms with Crippen LogP contribution in [0.5, 0.6) is 0 Å². The quantitative estimate of drug-likeness (QED) is 0.795. The molecule has 0 saturated carbocycles. The number of carbonyl (C=O) groups excluding carboxylic acids is 1. The van der Waals surface area contributed by atoms with E-state index in [1.165, 1.54) is 12.1 Å². The van der Waals surface area contributed by atoms with Crippen molar-refractivity contribution in [3.8, 4) is 0 Å². The molecule has 0 unspecified atom stereocenters. The van der Waals surface area contributed by atoms with Gasteiger partial charge in [-0.1, -0.05) is 12.1 Å². The van der Waals surface area contributed by atoms with Gasteiger partial charge in [-0.25, -0.2) is 4.39 Å². The lowest BCUT2D eigenvalue weighted by Crippen LogP contribution is -2.48. The summed E-state index contributed by atoms with van der Waals surface area (Å²) < 4.78 is 18.9. The Morgan fingerprint density at radius 1 is 1.29 bits per heavy atom. The molecule has 0 radical (unpaired) electrons. The van der Waals surface area contributed by atoms with Gasteiger partial charge < -0.3 is 15.4 Å². The zero-order chi connectivity index (χ0) is 16.9. The molecule has 1 aliphatic rings. The van der Waals surface area contributed by atoms with E-state index in [9.17, 15) is 9.18 Å². The molecule has 6 heteroatoms. The molecule has 1 amide bonds. The van der Waals surface area contributed by atoms with Crippen LogP contribution in [0, 0.1) is 5.82 Å². The molecule has 24 heavy (non-hydrogen) atoms. The summed E-state index contributed by atoms with van der Waals surface area (Å²) in [4.78, 5) is 14.7. The summed E-state index contributed by atoms with van der Waals surface area (Å²) in [7, 11) is 0. The molecule has 1 aliphatic heterocycles. The molecular weight excluding hydrogens is 331 g/mol. The van der Waals surface area contributed by atoms with Gasteiger partial charge in [0.1, 0.15) is 5.82 Å². The second-order valence-electron chi connectivity index (χ2n) is 6.64. The van der Waals surface area contributed by atoms with Crippen molar-refractivity contribution >= 4 is 18.3 Å². The Bertz CT molecular complexity index is 514. The van der Waals surface area contributed by atoms with Crippen molar-refractivity contribution < 1.29 is 13.9 Å². The third-order valence-corrected chi connectivity index (χ3v) is 4.53. The number of carbonyl (C=O) groups is 1. The average molecular weight is 359 g/mol. The molecule has 0 spiro atoms. The normalized spacial score (nSPS) is 15.9. The van der Waals surface area contributed by atoms with Crippen molar-refractivity contribution in [3.63, 3.8) is 0 Å². The predicted molar refractivity (Wildman–Crippen MR) is 95.9 cm³/mol. The lowest BCUT2D eigenvalue weighted by Gasteiger charge is -2.37. The number of halogens is 2. The molecule has 0 aromatic heterocycles. The highest BCUT2D eigenvalue weighted by molar-refractivity contribution is 5.87. The van der Waals surface area contributed by atoms with Crippen LogP contribution in [-0.2, 0) is 14.9 Å². The third-order valence-electron chi connectivity index (χ3n) is 4.53. The van der Waals surface area contributed by atoms with Crippen LogP contribution in [0.15, 0.2) is 24.3 Å². The Morgan fingerprint density at radius 3 is 2.42 bits per heavy atom. The zero-order valence-corrected chi connectivity index (χ0v) is 15.3. The molecule has 0 bridgehead atoms. The summed E-state index contributed by atoms with van der Waals surface area (Å²) in [5, 5.41) is 0. The number of benzene rings is 1. The fraction of sp³-hybridized carbons (Fsp3) is 0.611. The number of hydrogen-bond donors (Lipinski definition) is 1. The van der Waals surface area contributed by atoms with E-state index in [0.29, 0.717) is 26.2 Å². The first kappa shape index (κ1) is 20.9. The van der Waals surface area contributed by atoms with Crippen molar-refractivity contribution in [2.24, 2.45) is 5.73 Å². The van der Waals surface area contributed by atoms with E-state index in [0.717, 1.165) is 24.8 Å². The SMILES string of the molecule is CC(C)(C(=O)N1CCC(OCCCN)CC1)c1ccc(F)cc1.Cl. The van der Waals surface area contributed by atoms with Crippen LogP contribution in [0.3, 0.4) is 0 Å². The average Bonchev–Trinajstić information content (AvgIpc) is 2.55. The highest BCUT2D eigenvalue weighted by atomic mass is 35.5. The Hall–Kier alpha value is -1.17. The first-order valence-corrected chi connectivity index (χ1v) is 8.32. The predicted octanol–water partition coefficient (Wildman–Crippen LogP) is 2.88. The molecule has 0 aliphatic carbocycles. The largest absolute Gasteiger partial charge is 0.378 e. The van der Waals surface area contributed by atoms with Crippen LogP contribution in [0.1, 0.15) is 38.7 Å². The standard InChI is InChI=1S/C18H27FN2O2.ClH/c1-18(2,14-4-6-15(19)7-5-14)17(22)21-11-8-16(9-12-21)23-13-3-10-20;/h4-7,16H,3,8-13,20H2,1-2H3;1H. The minimum atomic E-state index is -0.652. The molecule has 4 nitrogen and oxygen atoms in total. The molecule has 1 aromatic rings. The highest BCUT2D eigenvalue weighted by Gasteiger charge is 2.35. The van der Waals surface area contributed by atoms with Gasteiger partial charge in [0.25, 0.3) is 0 Å². The molecular formula is C18H28ClFN2O2. The van der Waals surface area contributed by atoms with Crippen LogP contribution < -0.4 is 5.73 Å². The summed E-state index contributed by atoms with van der Waals surface area (Å²) in [6.45, 7) is 6.53. The third kappa shape index (κ3) is 5.16. The Morgan fingerprint density at radius 2 is 1.88 bits per heavy atom. The van der Waals surface area contributed by atoms with Crippen molar-refractivity contribution in [1.82, 2.24) is 4.90 Å². The molecule has 1 heterocycles. The van der Waals surface area contributed by atoms with Crippen LogP contribution in [0.25, 0.3) is 0 Å². The van der Waals surface area contributed by atoms with E-state index in [4.69, 9.17) is 10.5 Å². The summed E-state index contributed by atoms with van der Waals surface area (Å²) in [6.07, 6.45) is 2.81. The van der Waals surface area contributed by atoms with Gasteiger partial charge in [0, 0.05) is 19.7 Å². The van der Waals surface area contributed by atoms with Gasteiger partial charge in [0.05, 0.1) is 11.5 Å². The highest BCUT2D eigenvalue weighted by Crippen LogP contribution is 2.28. The van der Waals surface area contributed by atoms with Crippen molar-refractivity contribution in [1.29, 1.82) is 0 Å². The van der Waals surface area contributed by atoms with E-state index >= 15 is 0 Å². The lowest BCUT2D eigenvalue weighted by molar-refractivity contribution is -0.139. The van der Waals surface area contributed by atoms with Crippen LogP contribution in [-0.4, -0.2) is 43.2 Å². The van der Waals surface area contributed by atoms with Gasteiger partial charge in [-0.05, 0) is 57.4 Å². The van der Waals surface area contributed by atoms with Gasteiger partial charge >= 0.3 is 0 Å². The van der Waals surface area contributed by atoms with Gasteiger partial charge in [-0.2, -0.15) is 0 Å². The smallest absolute Gasteiger partial charge is 0.232 e. The number of likely N-dealkylation sites (tertiary alicyclic amines) is 1. The second kappa shape index (κ2) is 9.35. The number of hydrogen-bond acceptors (Lipinski definition) is 3. The van der Waals surface area contributed by atoms with E-state index in [-0.39, 0.29) is 30.2 Å². The maximum absolute atomic E-state index is 13.1. The first-order valence-electron chi connectivity index (χ1n) is 8.32. The summed E-state index contributed by atoms with van der Waals surface area (Å²) in [5.74, 6) is -0.197. The van der Waals surface area contributed by atoms with Gasteiger partial charge in [0.15, 0.2) is 0 Å². The summed E-state index contributed by atoms with van der Waals surface area (Å²) in [5.41, 5.74) is 5.65. The number of ether oxygens (including phenoxy) is 1. The van der Waals surface area contributed by atoms with Gasteiger partial charge in [-0.15, -0.1) is 12.4 Å². The minimum Gasteiger partial charge on any atom is -0.378 e. The molecule has 136 valence electrons. The fourth-order valence-electron chi connectivity index (χ4n) is 2.94. The summed E-state index contributed by atoms with van der Waals surface area (Å²) in [6, 6.07) is 6.19. The molecule has 1 saturated heterocycles. The zero-order valence-electron chi connectivity index (χ0n) is 14.5. The maximum atomic E-state index is 13.1. The molecule has 0 atom stereocenters. The van der Waals surface area contributed by atoms with E-state index < -0.39 is 5.41 Å². The Labute approximate surface area is 149 Å². The number of rotatable bonds is 6. The van der Waals surface area contributed by atoms with Gasteiger partial charge in [-0.3, -0.25) is 4.79 Å². The maximum Gasteiger partial charge on any atom is 0.232 e. The van der Waals surface area contributed by atoms with E-state index in [1.807, 2.05) is 18.7 Å². The van der Waals surface area contributed by atoms with E-state index in [1.54, 1.807) is 12.1 Å². The lowest BCUT2D eigenvalue weighted by atomic mass is 9.82. The number of piperidine rings is 1.